The van der Waals surface area contributed by atoms with Crippen LogP contribution in [-0.2, 0) is 4.79 Å². The van der Waals surface area contributed by atoms with E-state index in [1.807, 2.05) is 0 Å². The zero-order chi connectivity index (χ0) is 20.5. The molecular formula is C17H16FN5O4S. The fraction of sp³-hybridized carbons (Fsp3) is 0.118. The molecule has 0 bridgehead atoms. The van der Waals surface area contributed by atoms with Crippen LogP contribution in [0.1, 0.15) is 16.8 Å². The van der Waals surface area contributed by atoms with Crippen LogP contribution in [0.3, 0.4) is 0 Å². The Balaban J connectivity index is 1.67. The first kappa shape index (κ1) is 20.7. The fourth-order valence-electron chi connectivity index (χ4n) is 2.01. The summed E-state index contributed by atoms with van der Waals surface area (Å²) in [5, 5.41) is 16.0. The molecule has 0 aliphatic rings. The molecule has 0 atom stereocenters. The molecular weight excluding hydrogens is 389 g/mol. The number of halogens is 1. The second kappa shape index (κ2) is 9.92. The van der Waals surface area contributed by atoms with Crippen LogP contribution in [0.15, 0.2) is 48.5 Å². The summed E-state index contributed by atoms with van der Waals surface area (Å²) in [6.45, 7) is 0.0570. The number of hydrogen-bond donors (Lipinski definition) is 4. The number of carbonyl (C=O) groups excluding carboxylic acids is 2. The molecule has 0 unspecified atom stereocenters. The third-order valence-corrected chi connectivity index (χ3v) is 3.60. The standard InChI is InChI=1S/C17H16FN5O4S/c18-12-3-5-13(6-4-12)20-17(28)22-21-15(24)9-10-19-16(25)11-1-7-14(8-2-11)23(26)27/h1-8H,9-10H2,(H,19,25)(H,21,24)(H2,20,22,28). The predicted octanol–water partition coefficient (Wildman–Crippen LogP) is 1.87. The molecule has 2 aromatic carbocycles. The van der Waals surface area contributed by atoms with E-state index in [1.165, 1.54) is 48.5 Å². The number of nitrogens with one attached hydrogen (secondary N) is 4. The van der Waals surface area contributed by atoms with E-state index in [0.717, 1.165) is 0 Å². The summed E-state index contributed by atoms with van der Waals surface area (Å²) in [6, 6.07) is 10.6. The van der Waals surface area contributed by atoms with Crippen molar-refractivity contribution in [2.45, 2.75) is 6.42 Å². The van der Waals surface area contributed by atoms with Gasteiger partial charge in [-0.3, -0.25) is 30.6 Å². The highest BCUT2D eigenvalue weighted by molar-refractivity contribution is 7.80. The van der Waals surface area contributed by atoms with E-state index in [4.69, 9.17) is 12.2 Å². The van der Waals surface area contributed by atoms with Crippen LogP contribution in [0.2, 0.25) is 0 Å². The van der Waals surface area contributed by atoms with Crippen LogP contribution in [0.5, 0.6) is 0 Å². The highest BCUT2D eigenvalue weighted by Gasteiger charge is 2.10. The maximum Gasteiger partial charge on any atom is 0.269 e. The molecule has 0 aliphatic carbocycles. The van der Waals surface area contributed by atoms with Crippen LogP contribution in [0.25, 0.3) is 0 Å². The Morgan fingerprint density at radius 2 is 1.68 bits per heavy atom. The van der Waals surface area contributed by atoms with Gasteiger partial charge in [0, 0.05) is 36.3 Å². The van der Waals surface area contributed by atoms with Crippen LogP contribution in [0.4, 0.5) is 15.8 Å². The minimum absolute atomic E-state index is 0.0229. The SMILES string of the molecule is O=C(CCNC(=O)c1ccc([N+](=O)[O-])cc1)NNC(=S)Nc1ccc(F)cc1. The molecule has 0 radical (unpaired) electrons. The number of nitrogens with zero attached hydrogens (tertiary/aromatic N) is 1. The molecule has 0 spiro atoms. The van der Waals surface area contributed by atoms with Gasteiger partial charge in [0.25, 0.3) is 11.6 Å². The van der Waals surface area contributed by atoms with Crippen molar-refractivity contribution < 1.29 is 18.9 Å². The molecule has 0 fully saturated rings. The summed E-state index contributed by atoms with van der Waals surface area (Å²) < 4.78 is 12.8. The quantitative estimate of drug-likeness (QED) is 0.328. The number of nitro groups is 1. The Bertz CT molecular complexity index is 874. The molecule has 28 heavy (non-hydrogen) atoms. The van der Waals surface area contributed by atoms with Crippen molar-refractivity contribution in [3.63, 3.8) is 0 Å². The summed E-state index contributed by atoms with van der Waals surface area (Å²) >= 11 is 4.99. The van der Waals surface area contributed by atoms with Crippen LogP contribution < -0.4 is 21.5 Å². The molecule has 9 nitrogen and oxygen atoms in total. The van der Waals surface area contributed by atoms with Crippen molar-refractivity contribution >= 4 is 40.5 Å². The second-order valence-electron chi connectivity index (χ2n) is 5.44. The number of amides is 2. The topological polar surface area (TPSA) is 125 Å². The summed E-state index contributed by atoms with van der Waals surface area (Å²) in [5.74, 6) is -1.26. The first-order valence-corrected chi connectivity index (χ1v) is 8.40. The van der Waals surface area contributed by atoms with Gasteiger partial charge in [0.1, 0.15) is 5.82 Å². The zero-order valence-corrected chi connectivity index (χ0v) is 15.2. The molecule has 2 rings (SSSR count). The van der Waals surface area contributed by atoms with E-state index in [0.29, 0.717) is 5.69 Å². The molecule has 2 aromatic rings. The normalized spacial score (nSPS) is 9.89. The van der Waals surface area contributed by atoms with Crippen LogP contribution >= 0.6 is 12.2 Å². The lowest BCUT2D eigenvalue weighted by atomic mass is 10.2. The van der Waals surface area contributed by atoms with E-state index in [1.54, 1.807) is 0 Å². The number of non-ortho nitro benzene ring substituents is 1. The highest BCUT2D eigenvalue weighted by Crippen LogP contribution is 2.11. The van der Waals surface area contributed by atoms with E-state index in [-0.39, 0.29) is 35.1 Å². The highest BCUT2D eigenvalue weighted by atomic mass is 32.1. The molecule has 146 valence electrons. The molecule has 0 heterocycles. The Hall–Kier alpha value is -3.60. The van der Waals surface area contributed by atoms with Crippen molar-refractivity contribution in [3.8, 4) is 0 Å². The molecule has 4 N–H and O–H groups in total. The number of benzene rings is 2. The second-order valence-corrected chi connectivity index (χ2v) is 5.85. The summed E-state index contributed by atoms with van der Waals surface area (Å²) in [5.41, 5.74) is 5.51. The van der Waals surface area contributed by atoms with Gasteiger partial charge >= 0.3 is 0 Å². The Labute approximate surface area is 164 Å². The van der Waals surface area contributed by atoms with Gasteiger partial charge in [-0.25, -0.2) is 4.39 Å². The average Bonchev–Trinajstić information content (AvgIpc) is 2.68. The summed E-state index contributed by atoms with van der Waals surface area (Å²) in [7, 11) is 0. The van der Waals surface area contributed by atoms with Crippen molar-refractivity contribution in [1.82, 2.24) is 16.2 Å². The molecule has 2 amide bonds. The maximum atomic E-state index is 12.8. The Morgan fingerprint density at radius 1 is 1.04 bits per heavy atom. The number of thiocarbonyl (C=S) groups is 1. The van der Waals surface area contributed by atoms with Gasteiger partial charge in [-0.05, 0) is 48.6 Å². The van der Waals surface area contributed by atoms with E-state index < -0.39 is 16.7 Å². The molecule has 0 aliphatic heterocycles. The van der Waals surface area contributed by atoms with Crippen molar-refractivity contribution in [3.05, 3.63) is 70.0 Å². The molecule has 11 heteroatoms. The monoisotopic (exact) mass is 405 g/mol. The molecule has 0 saturated heterocycles. The van der Waals surface area contributed by atoms with Gasteiger partial charge in [0.05, 0.1) is 4.92 Å². The first-order valence-electron chi connectivity index (χ1n) is 7.99. The lowest BCUT2D eigenvalue weighted by molar-refractivity contribution is -0.384. The van der Waals surface area contributed by atoms with Gasteiger partial charge in [0.2, 0.25) is 5.91 Å². The molecule has 0 aromatic heterocycles. The summed E-state index contributed by atoms with van der Waals surface area (Å²) in [6.07, 6.45) is -0.0229. The smallest absolute Gasteiger partial charge is 0.269 e. The Morgan fingerprint density at radius 3 is 2.29 bits per heavy atom. The van der Waals surface area contributed by atoms with Gasteiger partial charge in [-0.1, -0.05) is 0 Å². The lowest BCUT2D eigenvalue weighted by Crippen LogP contribution is -2.44. The minimum Gasteiger partial charge on any atom is -0.352 e. The number of hydrogen-bond acceptors (Lipinski definition) is 5. The van der Waals surface area contributed by atoms with Gasteiger partial charge in [-0.2, -0.15) is 0 Å². The van der Waals surface area contributed by atoms with Gasteiger partial charge in [-0.15, -0.1) is 0 Å². The third kappa shape index (κ3) is 6.61. The van der Waals surface area contributed by atoms with E-state index in [9.17, 15) is 24.1 Å². The number of anilines is 1. The fourth-order valence-corrected chi connectivity index (χ4v) is 2.18. The van der Waals surface area contributed by atoms with Crippen molar-refractivity contribution in [2.75, 3.05) is 11.9 Å². The third-order valence-electron chi connectivity index (χ3n) is 3.40. The van der Waals surface area contributed by atoms with Crippen molar-refractivity contribution in [1.29, 1.82) is 0 Å². The number of nitro benzene ring substituents is 1. The number of rotatable bonds is 6. The maximum absolute atomic E-state index is 12.8. The lowest BCUT2D eigenvalue weighted by Gasteiger charge is -2.11. The number of hydrazine groups is 1. The van der Waals surface area contributed by atoms with Crippen molar-refractivity contribution in [2.24, 2.45) is 0 Å². The van der Waals surface area contributed by atoms with Gasteiger partial charge in [0.15, 0.2) is 5.11 Å². The predicted molar refractivity (Wildman–Crippen MR) is 104 cm³/mol. The average molecular weight is 405 g/mol. The zero-order valence-electron chi connectivity index (χ0n) is 14.4. The van der Waals surface area contributed by atoms with E-state index in [2.05, 4.69) is 21.5 Å². The Kier molecular flexibility index (Phi) is 7.34. The van der Waals surface area contributed by atoms with Crippen LogP contribution in [-0.4, -0.2) is 28.4 Å². The largest absolute Gasteiger partial charge is 0.352 e. The van der Waals surface area contributed by atoms with Crippen LogP contribution in [0, 0.1) is 15.9 Å². The number of carbonyl (C=O) groups is 2. The van der Waals surface area contributed by atoms with Gasteiger partial charge < -0.3 is 10.6 Å². The minimum atomic E-state index is -0.561. The first-order chi connectivity index (χ1) is 13.3. The molecule has 0 saturated carbocycles. The summed E-state index contributed by atoms with van der Waals surface area (Å²) in [4.78, 5) is 33.7. The van der Waals surface area contributed by atoms with E-state index >= 15 is 0 Å².